The van der Waals surface area contributed by atoms with Crippen LogP contribution in [0.3, 0.4) is 0 Å². The van der Waals surface area contributed by atoms with Gasteiger partial charge in [-0.3, -0.25) is 0 Å². The molecule has 2 aromatic heterocycles. The minimum absolute atomic E-state index is 0.0135. The molecular formula is C23H36BN5O4. The molecule has 1 aliphatic heterocycles. The molecule has 0 unspecified atom stereocenters. The predicted molar refractivity (Wildman–Crippen MR) is 128 cm³/mol. The molecule has 1 saturated heterocycles. The van der Waals surface area contributed by atoms with Gasteiger partial charge in [0, 0.05) is 6.04 Å². The van der Waals surface area contributed by atoms with Crippen molar-refractivity contribution < 1.29 is 18.8 Å². The molecule has 0 bridgehead atoms. The summed E-state index contributed by atoms with van der Waals surface area (Å²) in [5.74, 6) is 0.499. The van der Waals surface area contributed by atoms with Crippen LogP contribution in [0.5, 0.6) is 0 Å². The first-order chi connectivity index (χ1) is 15.3. The third kappa shape index (κ3) is 5.11. The van der Waals surface area contributed by atoms with Crippen LogP contribution in [0.4, 0.5) is 10.7 Å². The number of nitrogens with zero attached hydrogens (tertiary/aromatic N) is 3. The van der Waals surface area contributed by atoms with Crippen LogP contribution >= 0.6 is 0 Å². The van der Waals surface area contributed by atoms with Crippen molar-refractivity contribution in [3.05, 3.63) is 18.3 Å². The number of nitrogens with one attached hydrogen (secondary N) is 2. The van der Waals surface area contributed by atoms with E-state index in [0.29, 0.717) is 5.95 Å². The fourth-order valence-corrected chi connectivity index (χ4v) is 4.23. The Bertz CT molecular complexity index is 1000. The zero-order valence-electron chi connectivity index (χ0n) is 20.8. The Morgan fingerprint density at radius 1 is 1.12 bits per heavy atom. The highest BCUT2D eigenvalue weighted by Crippen LogP contribution is 2.36. The first-order valence-electron chi connectivity index (χ1n) is 11.8. The van der Waals surface area contributed by atoms with Gasteiger partial charge in [0.05, 0.1) is 34.6 Å². The molecule has 1 aliphatic carbocycles. The Balaban J connectivity index is 1.51. The van der Waals surface area contributed by atoms with Gasteiger partial charge in [0.15, 0.2) is 0 Å². The molecule has 1 amide bonds. The lowest BCUT2D eigenvalue weighted by molar-refractivity contribution is 0.00578. The van der Waals surface area contributed by atoms with Gasteiger partial charge in [-0.05, 0) is 73.4 Å². The summed E-state index contributed by atoms with van der Waals surface area (Å²) in [6.45, 7) is 13.7. The summed E-state index contributed by atoms with van der Waals surface area (Å²) < 4.78 is 19.7. The Hall–Kier alpha value is -2.33. The van der Waals surface area contributed by atoms with Crippen LogP contribution in [0.15, 0.2) is 18.3 Å². The van der Waals surface area contributed by atoms with Crippen molar-refractivity contribution in [1.29, 1.82) is 0 Å². The molecule has 1 saturated carbocycles. The van der Waals surface area contributed by atoms with E-state index in [-0.39, 0.29) is 12.1 Å². The van der Waals surface area contributed by atoms with Gasteiger partial charge >= 0.3 is 13.2 Å². The zero-order valence-corrected chi connectivity index (χ0v) is 20.8. The first kappa shape index (κ1) is 23.8. The van der Waals surface area contributed by atoms with Crippen molar-refractivity contribution in [1.82, 2.24) is 19.9 Å². The van der Waals surface area contributed by atoms with E-state index in [1.165, 1.54) is 0 Å². The number of anilines is 1. The summed E-state index contributed by atoms with van der Waals surface area (Å²) in [4.78, 5) is 16.8. The van der Waals surface area contributed by atoms with E-state index in [2.05, 4.69) is 15.6 Å². The van der Waals surface area contributed by atoms with E-state index < -0.39 is 30.0 Å². The van der Waals surface area contributed by atoms with Crippen LogP contribution in [0.25, 0.3) is 5.52 Å². The SMILES string of the molecule is CC(C)(C)OC(=O)N[C@H]1CCCC[C@H]1Nc1ncc2ccc(B3OC(C)(C)C(C)(C)O3)n2n1. The molecule has 4 rings (SSSR count). The number of fused-ring (bicyclic) bond motifs is 1. The maximum atomic E-state index is 12.3. The quantitative estimate of drug-likeness (QED) is 0.680. The van der Waals surface area contributed by atoms with Crippen LogP contribution in [-0.4, -0.2) is 56.7 Å². The standard InChI is InChI=1S/C23H36BN5O4/c1-21(2,3)31-20(30)27-17-11-9-8-10-16(17)26-19-25-14-15-12-13-18(29(15)28-19)24-32-22(4,5)23(6,7)33-24/h12-14,16-17H,8-11H2,1-7H3,(H,26,28)(H,27,30)/t16-,17+/m1/s1. The number of carbonyl (C=O) groups is 1. The maximum absolute atomic E-state index is 12.3. The van der Waals surface area contributed by atoms with E-state index in [9.17, 15) is 4.79 Å². The molecule has 0 spiro atoms. The van der Waals surface area contributed by atoms with E-state index >= 15 is 0 Å². The molecule has 2 aromatic rings. The second-order valence-corrected chi connectivity index (χ2v) is 11.1. The molecule has 2 atom stereocenters. The van der Waals surface area contributed by atoms with E-state index in [1.54, 1.807) is 6.20 Å². The Labute approximate surface area is 196 Å². The number of aromatic nitrogens is 3. The van der Waals surface area contributed by atoms with Gasteiger partial charge in [-0.25, -0.2) is 14.3 Å². The Morgan fingerprint density at radius 3 is 2.39 bits per heavy atom. The van der Waals surface area contributed by atoms with Gasteiger partial charge in [0.2, 0.25) is 5.95 Å². The third-order valence-corrected chi connectivity index (χ3v) is 6.71. The highest BCUT2D eigenvalue weighted by Gasteiger charge is 2.52. The van der Waals surface area contributed by atoms with Gasteiger partial charge < -0.3 is 24.7 Å². The lowest BCUT2D eigenvalue weighted by Gasteiger charge is -2.33. The largest absolute Gasteiger partial charge is 0.514 e. The summed E-state index contributed by atoms with van der Waals surface area (Å²) in [7, 11) is -0.517. The van der Waals surface area contributed by atoms with E-state index in [1.807, 2.05) is 65.1 Å². The van der Waals surface area contributed by atoms with Crippen LogP contribution in [0.1, 0.15) is 74.1 Å². The fraction of sp³-hybridized carbons (Fsp3) is 0.696. The number of alkyl carbamates (subject to hydrolysis) is 1. The predicted octanol–water partition coefficient (Wildman–Crippen LogP) is 3.28. The molecule has 2 fully saturated rings. The van der Waals surface area contributed by atoms with Crippen molar-refractivity contribution in [2.45, 2.75) is 103 Å². The molecule has 10 heteroatoms. The Kier molecular flexibility index (Phi) is 6.11. The molecule has 2 N–H and O–H groups in total. The van der Waals surface area contributed by atoms with Crippen molar-refractivity contribution in [2.75, 3.05) is 5.32 Å². The zero-order chi connectivity index (χ0) is 24.0. The van der Waals surface area contributed by atoms with Crippen LogP contribution in [0, 0.1) is 0 Å². The van der Waals surface area contributed by atoms with Gasteiger partial charge in [-0.15, -0.1) is 5.10 Å². The third-order valence-electron chi connectivity index (χ3n) is 6.71. The van der Waals surface area contributed by atoms with Crippen molar-refractivity contribution in [3.63, 3.8) is 0 Å². The Morgan fingerprint density at radius 2 is 1.76 bits per heavy atom. The fourth-order valence-electron chi connectivity index (χ4n) is 4.23. The topological polar surface area (TPSA) is 99.0 Å². The molecule has 33 heavy (non-hydrogen) atoms. The van der Waals surface area contributed by atoms with Gasteiger partial charge in [0.1, 0.15) is 5.60 Å². The van der Waals surface area contributed by atoms with E-state index in [4.69, 9.17) is 19.1 Å². The minimum Gasteiger partial charge on any atom is -0.444 e. The van der Waals surface area contributed by atoms with Gasteiger partial charge in [0.25, 0.3) is 0 Å². The molecular weight excluding hydrogens is 421 g/mol. The highest BCUT2D eigenvalue weighted by molar-refractivity contribution is 6.61. The lowest BCUT2D eigenvalue weighted by Crippen LogP contribution is -2.50. The molecule has 2 aliphatic rings. The van der Waals surface area contributed by atoms with Crippen LogP contribution in [0.2, 0.25) is 0 Å². The van der Waals surface area contributed by atoms with Crippen molar-refractivity contribution >= 4 is 30.3 Å². The van der Waals surface area contributed by atoms with Gasteiger partial charge in [-0.1, -0.05) is 12.8 Å². The molecule has 180 valence electrons. The minimum atomic E-state index is -0.534. The smallest absolute Gasteiger partial charge is 0.444 e. The van der Waals surface area contributed by atoms with Crippen LogP contribution < -0.4 is 16.2 Å². The summed E-state index contributed by atoms with van der Waals surface area (Å²) in [5, 5.41) is 11.2. The molecule has 0 radical (unpaired) electrons. The average molecular weight is 457 g/mol. The van der Waals surface area contributed by atoms with Gasteiger partial charge in [-0.2, -0.15) is 0 Å². The molecule has 3 heterocycles. The van der Waals surface area contributed by atoms with Crippen LogP contribution in [-0.2, 0) is 14.0 Å². The molecule has 9 nitrogen and oxygen atoms in total. The summed E-state index contributed by atoms with van der Waals surface area (Å²) in [6.07, 6.45) is 5.31. The number of amides is 1. The van der Waals surface area contributed by atoms with E-state index in [0.717, 1.165) is 36.8 Å². The maximum Gasteiger partial charge on any atom is 0.514 e. The average Bonchev–Trinajstić information content (AvgIpc) is 3.19. The second-order valence-electron chi connectivity index (χ2n) is 11.1. The monoisotopic (exact) mass is 457 g/mol. The summed E-state index contributed by atoms with van der Waals surface area (Å²) in [5.41, 5.74) is 0.282. The van der Waals surface area contributed by atoms with Crippen molar-refractivity contribution in [2.24, 2.45) is 0 Å². The summed E-state index contributed by atoms with van der Waals surface area (Å²) in [6, 6.07) is 3.88. The normalized spacial score (nSPS) is 24.6. The number of hydrogen-bond acceptors (Lipinski definition) is 7. The van der Waals surface area contributed by atoms with Crippen molar-refractivity contribution in [3.8, 4) is 0 Å². The molecule has 0 aromatic carbocycles. The second kappa shape index (κ2) is 8.47. The number of ether oxygens (including phenoxy) is 1. The number of carbonyl (C=O) groups excluding carboxylic acids is 1. The number of rotatable bonds is 4. The first-order valence-corrected chi connectivity index (χ1v) is 11.8. The number of hydrogen-bond donors (Lipinski definition) is 2. The summed E-state index contributed by atoms with van der Waals surface area (Å²) >= 11 is 0. The lowest BCUT2D eigenvalue weighted by atomic mass is 9.85. The highest BCUT2D eigenvalue weighted by atomic mass is 16.7.